The van der Waals surface area contributed by atoms with Crippen molar-refractivity contribution < 1.29 is 13.0 Å². The van der Waals surface area contributed by atoms with Crippen LogP contribution in [-0.4, -0.2) is 43.3 Å². The molecule has 17 heavy (non-hydrogen) atoms. The van der Waals surface area contributed by atoms with Crippen molar-refractivity contribution in [2.24, 2.45) is 0 Å². The van der Waals surface area contributed by atoms with Gasteiger partial charge in [0.1, 0.15) is 0 Å². The maximum absolute atomic E-state index is 9.79. The Morgan fingerprint density at radius 1 is 0.824 bits per heavy atom. The van der Waals surface area contributed by atoms with Crippen LogP contribution in [0.5, 0.6) is 0 Å². The fraction of sp³-hybridized carbons (Fsp3) is 1.00. The molecule has 0 aromatic carbocycles. The van der Waals surface area contributed by atoms with Crippen LogP contribution in [0.25, 0.3) is 0 Å². The maximum atomic E-state index is 9.79. The molecular formula is C12H29NO3S. The van der Waals surface area contributed by atoms with Crippen LogP contribution in [-0.2, 0) is 10.1 Å². The van der Waals surface area contributed by atoms with E-state index in [0.29, 0.717) is 6.42 Å². The minimum absolute atomic E-state index is 0.132. The van der Waals surface area contributed by atoms with Crippen molar-refractivity contribution in [3.63, 3.8) is 0 Å². The van der Waals surface area contributed by atoms with Crippen LogP contribution in [0.2, 0.25) is 0 Å². The van der Waals surface area contributed by atoms with Crippen molar-refractivity contribution in [3.8, 4) is 0 Å². The highest BCUT2D eigenvalue weighted by atomic mass is 32.2. The van der Waals surface area contributed by atoms with Gasteiger partial charge in [0.05, 0.1) is 5.75 Å². The molecule has 106 valence electrons. The SMILES string of the molecule is CCCN(CCC)CCC.CCCS(=O)(=O)O. The quantitative estimate of drug-likeness (QED) is 0.687. The van der Waals surface area contributed by atoms with Crippen LogP contribution in [0, 0.1) is 0 Å². The molecule has 0 unspecified atom stereocenters. The minimum atomic E-state index is -3.67. The second-order valence-corrected chi connectivity index (χ2v) is 5.70. The molecule has 5 heteroatoms. The highest BCUT2D eigenvalue weighted by Gasteiger charge is 1.98. The first kappa shape index (κ1) is 19.2. The Morgan fingerprint density at radius 3 is 1.29 bits per heavy atom. The van der Waals surface area contributed by atoms with Crippen molar-refractivity contribution in [1.29, 1.82) is 0 Å². The van der Waals surface area contributed by atoms with Crippen molar-refractivity contribution in [1.82, 2.24) is 4.90 Å². The van der Waals surface area contributed by atoms with Gasteiger partial charge in [-0.05, 0) is 45.3 Å². The summed E-state index contributed by atoms with van der Waals surface area (Å²) in [4.78, 5) is 2.54. The number of rotatable bonds is 8. The Kier molecular flexibility index (Phi) is 13.9. The molecule has 0 aliphatic carbocycles. The Morgan fingerprint density at radius 2 is 1.18 bits per heavy atom. The summed E-state index contributed by atoms with van der Waals surface area (Å²) in [5, 5.41) is 0. The Balaban J connectivity index is 0. The molecule has 0 spiro atoms. The monoisotopic (exact) mass is 267 g/mol. The van der Waals surface area contributed by atoms with Crippen LogP contribution in [0.3, 0.4) is 0 Å². The summed E-state index contributed by atoms with van der Waals surface area (Å²) in [6.45, 7) is 12.3. The molecule has 0 aromatic heterocycles. The van der Waals surface area contributed by atoms with E-state index in [0.717, 1.165) is 0 Å². The summed E-state index contributed by atoms with van der Waals surface area (Å²) in [7, 11) is -3.67. The lowest BCUT2D eigenvalue weighted by molar-refractivity contribution is 0.275. The van der Waals surface area contributed by atoms with E-state index in [1.54, 1.807) is 6.92 Å². The fourth-order valence-corrected chi connectivity index (χ4v) is 2.06. The van der Waals surface area contributed by atoms with E-state index in [1.165, 1.54) is 38.9 Å². The molecule has 0 atom stereocenters. The van der Waals surface area contributed by atoms with Crippen LogP contribution in [0.1, 0.15) is 53.4 Å². The minimum Gasteiger partial charge on any atom is -0.303 e. The molecule has 0 aromatic rings. The van der Waals surface area contributed by atoms with E-state index in [1.807, 2.05) is 0 Å². The third kappa shape index (κ3) is 18.4. The van der Waals surface area contributed by atoms with Crippen molar-refractivity contribution >= 4 is 10.1 Å². The van der Waals surface area contributed by atoms with E-state index in [2.05, 4.69) is 25.7 Å². The average Bonchev–Trinajstić information content (AvgIpc) is 2.18. The summed E-state index contributed by atoms with van der Waals surface area (Å²) in [5.41, 5.74) is 0. The van der Waals surface area contributed by atoms with Gasteiger partial charge in [-0.3, -0.25) is 4.55 Å². The smallest absolute Gasteiger partial charge is 0.264 e. The second-order valence-electron chi connectivity index (χ2n) is 4.13. The summed E-state index contributed by atoms with van der Waals surface area (Å²) >= 11 is 0. The largest absolute Gasteiger partial charge is 0.303 e. The summed E-state index contributed by atoms with van der Waals surface area (Å²) < 4.78 is 27.6. The van der Waals surface area contributed by atoms with Crippen molar-refractivity contribution in [2.45, 2.75) is 53.4 Å². The highest BCUT2D eigenvalue weighted by Crippen LogP contribution is 1.94. The van der Waals surface area contributed by atoms with Gasteiger partial charge in [-0.1, -0.05) is 27.7 Å². The van der Waals surface area contributed by atoms with Gasteiger partial charge in [0, 0.05) is 0 Å². The first-order valence-electron chi connectivity index (χ1n) is 6.58. The lowest BCUT2D eigenvalue weighted by atomic mass is 10.3. The first-order valence-corrected chi connectivity index (χ1v) is 8.19. The standard InChI is InChI=1S/C9H21N.C3H8O3S/c1-4-7-10(8-5-2)9-6-3;1-2-3-7(4,5)6/h4-9H2,1-3H3;2-3H2,1H3,(H,4,5,6). The third-order valence-corrected chi connectivity index (χ3v) is 3.01. The molecule has 0 saturated heterocycles. The Hall–Kier alpha value is -0.130. The van der Waals surface area contributed by atoms with E-state index in [4.69, 9.17) is 4.55 Å². The molecule has 0 rings (SSSR count). The summed E-state index contributed by atoms with van der Waals surface area (Å²) in [5.74, 6) is -0.132. The summed E-state index contributed by atoms with van der Waals surface area (Å²) in [6.07, 6.45) is 4.35. The molecule has 0 aliphatic heterocycles. The number of hydrogen-bond donors (Lipinski definition) is 1. The topological polar surface area (TPSA) is 57.6 Å². The van der Waals surface area contributed by atoms with Gasteiger partial charge in [0.25, 0.3) is 10.1 Å². The third-order valence-electron chi connectivity index (χ3n) is 2.08. The van der Waals surface area contributed by atoms with Gasteiger partial charge >= 0.3 is 0 Å². The van der Waals surface area contributed by atoms with Crippen LogP contribution < -0.4 is 0 Å². The average molecular weight is 267 g/mol. The van der Waals surface area contributed by atoms with Gasteiger partial charge in [-0.15, -0.1) is 0 Å². The van der Waals surface area contributed by atoms with E-state index < -0.39 is 10.1 Å². The zero-order chi connectivity index (χ0) is 13.7. The van der Waals surface area contributed by atoms with Gasteiger partial charge in [-0.2, -0.15) is 8.42 Å². The van der Waals surface area contributed by atoms with Gasteiger partial charge < -0.3 is 4.90 Å². The predicted molar refractivity (Wildman–Crippen MR) is 74.0 cm³/mol. The molecule has 0 fully saturated rings. The zero-order valence-corrected chi connectivity index (χ0v) is 12.6. The lowest BCUT2D eigenvalue weighted by Gasteiger charge is -2.19. The Bertz CT molecular complexity index is 226. The zero-order valence-electron chi connectivity index (χ0n) is 11.8. The van der Waals surface area contributed by atoms with E-state index in [-0.39, 0.29) is 5.75 Å². The van der Waals surface area contributed by atoms with Crippen LogP contribution in [0.4, 0.5) is 0 Å². The second kappa shape index (κ2) is 12.3. The molecule has 0 heterocycles. The molecule has 0 radical (unpaired) electrons. The lowest BCUT2D eigenvalue weighted by Crippen LogP contribution is -2.25. The molecule has 4 nitrogen and oxygen atoms in total. The van der Waals surface area contributed by atoms with Gasteiger partial charge in [-0.25, -0.2) is 0 Å². The fourth-order valence-electron chi connectivity index (χ4n) is 1.54. The molecule has 0 saturated carbocycles. The molecule has 1 N–H and O–H groups in total. The summed E-state index contributed by atoms with van der Waals surface area (Å²) in [6, 6.07) is 0. The number of nitrogens with zero attached hydrogens (tertiary/aromatic N) is 1. The van der Waals surface area contributed by atoms with Crippen LogP contribution in [0.15, 0.2) is 0 Å². The normalized spacial score (nSPS) is 11.2. The first-order chi connectivity index (χ1) is 7.91. The van der Waals surface area contributed by atoms with Crippen molar-refractivity contribution in [3.05, 3.63) is 0 Å². The van der Waals surface area contributed by atoms with Crippen LogP contribution >= 0.6 is 0 Å². The molecule has 0 amide bonds. The highest BCUT2D eigenvalue weighted by molar-refractivity contribution is 7.85. The van der Waals surface area contributed by atoms with E-state index >= 15 is 0 Å². The predicted octanol–water partition coefficient (Wildman–Crippen LogP) is 2.80. The van der Waals surface area contributed by atoms with Gasteiger partial charge in [0.2, 0.25) is 0 Å². The number of hydrogen-bond acceptors (Lipinski definition) is 3. The molecule has 0 aliphatic rings. The van der Waals surface area contributed by atoms with E-state index in [9.17, 15) is 8.42 Å². The maximum Gasteiger partial charge on any atom is 0.264 e. The molecule has 0 bridgehead atoms. The Labute approximate surface area is 107 Å². The molecular weight excluding hydrogens is 238 g/mol. The van der Waals surface area contributed by atoms with Gasteiger partial charge in [0.15, 0.2) is 0 Å². The van der Waals surface area contributed by atoms with Crippen molar-refractivity contribution in [2.75, 3.05) is 25.4 Å².